The Hall–Kier alpha value is 0. The predicted molar refractivity (Wildman–Crippen MR) is 108 cm³/mol. The van der Waals surface area contributed by atoms with Crippen LogP contribution in [0.3, 0.4) is 0 Å². The maximum atomic E-state index is 2.74. The maximum absolute atomic E-state index is 2.74. The van der Waals surface area contributed by atoms with Gasteiger partial charge in [-0.05, 0) is 104 Å². The molecule has 0 aromatic carbocycles. The second kappa shape index (κ2) is 6.56. The normalized spacial score (nSPS) is 55.3. The van der Waals surface area contributed by atoms with E-state index in [4.69, 9.17) is 0 Å². The van der Waals surface area contributed by atoms with Crippen LogP contribution in [-0.4, -0.2) is 0 Å². The second-order valence-corrected chi connectivity index (χ2v) is 11.5. The smallest absolute Gasteiger partial charge is 0.0266 e. The molecule has 0 bridgehead atoms. The Morgan fingerprint density at radius 3 is 2.32 bits per heavy atom. The van der Waals surface area contributed by atoms with E-state index in [9.17, 15) is 0 Å². The number of unbranched alkanes of at least 4 members (excludes halogenated alkanes) is 1. The molecule has 0 heteroatoms. The highest BCUT2D eigenvalue weighted by atomic mass is 14.7. The average Bonchev–Trinajstić information content (AvgIpc) is 2.91. The van der Waals surface area contributed by atoms with E-state index < -0.39 is 0 Å². The van der Waals surface area contributed by atoms with Crippen LogP contribution >= 0.6 is 0 Å². The molecule has 0 spiro atoms. The molecule has 144 valence electrons. The zero-order chi connectivity index (χ0) is 17.8. The standard InChI is InChI=1S/C25H44/c1-6-7-8-19-9-10-21-23-18(3)16-20-15-17(2)11-13-25(20,5)22(23)12-14-24(19,21)4/h17-23H,6-16H2,1-5H3. The van der Waals surface area contributed by atoms with Crippen molar-refractivity contribution in [3.63, 3.8) is 0 Å². The van der Waals surface area contributed by atoms with Gasteiger partial charge in [-0.25, -0.2) is 0 Å². The van der Waals surface area contributed by atoms with Crippen molar-refractivity contribution in [2.75, 3.05) is 0 Å². The van der Waals surface area contributed by atoms with E-state index in [0.29, 0.717) is 10.8 Å². The largest absolute Gasteiger partial charge is 0.0654 e. The number of hydrogen-bond acceptors (Lipinski definition) is 0. The summed E-state index contributed by atoms with van der Waals surface area (Å²) in [6, 6.07) is 0. The predicted octanol–water partition coefficient (Wildman–Crippen LogP) is 7.72. The molecule has 0 heterocycles. The Bertz CT molecular complexity index is 480. The summed E-state index contributed by atoms with van der Waals surface area (Å²) < 4.78 is 0. The fourth-order valence-corrected chi connectivity index (χ4v) is 8.88. The van der Waals surface area contributed by atoms with Gasteiger partial charge in [-0.3, -0.25) is 0 Å². The molecule has 0 aromatic heterocycles. The van der Waals surface area contributed by atoms with Gasteiger partial charge in [0.25, 0.3) is 0 Å². The van der Waals surface area contributed by atoms with Gasteiger partial charge in [0.1, 0.15) is 0 Å². The molecule has 4 aliphatic rings. The van der Waals surface area contributed by atoms with Crippen molar-refractivity contribution < 1.29 is 0 Å². The minimum atomic E-state index is 0.687. The summed E-state index contributed by atoms with van der Waals surface area (Å²) in [7, 11) is 0. The Morgan fingerprint density at radius 2 is 1.56 bits per heavy atom. The van der Waals surface area contributed by atoms with Crippen LogP contribution in [0, 0.1) is 52.3 Å². The molecule has 0 aromatic rings. The van der Waals surface area contributed by atoms with E-state index in [-0.39, 0.29) is 0 Å². The van der Waals surface area contributed by atoms with E-state index >= 15 is 0 Å². The molecule has 4 aliphatic carbocycles. The van der Waals surface area contributed by atoms with Crippen molar-refractivity contribution in [1.82, 2.24) is 0 Å². The minimum absolute atomic E-state index is 0.687. The van der Waals surface area contributed by atoms with E-state index in [0.717, 1.165) is 41.4 Å². The molecular weight excluding hydrogens is 300 g/mol. The molecule has 9 unspecified atom stereocenters. The Morgan fingerprint density at radius 1 is 0.840 bits per heavy atom. The molecule has 0 nitrogen and oxygen atoms in total. The van der Waals surface area contributed by atoms with Crippen LogP contribution in [0.4, 0.5) is 0 Å². The molecule has 0 radical (unpaired) electrons. The monoisotopic (exact) mass is 344 g/mol. The van der Waals surface area contributed by atoms with E-state index in [1.807, 2.05) is 0 Å². The lowest BCUT2D eigenvalue weighted by Crippen LogP contribution is -2.55. The number of fused-ring (bicyclic) bond motifs is 5. The Balaban J connectivity index is 1.59. The summed E-state index contributed by atoms with van der Waals surface area (Å²) in [4.78, 5) is 0. The first-order chi connectivity index (χ1) is 11.9. The summed E-state index contributed by atoms with van der Waals surface area (Å²) in [5.41, 5.74) is 1.38. The number of hydrogen-bond donors (Lipinski definition) is 0. The maximum Gasteiger partial charge on any atom is -0.0266 e. The van der Waals surface area contributed by atoms with Gasteiger partial charge in [0, 0.05) is 0 Å². The lowest BCUT2D eigenvalue weighted by Gasteiger charge is -2.63. The zero-order valence-electron chi connectivity index (χ0n) is 17.8. The van der Waals surface area contributed by atoms with Crippen LogP contribution in [0.1, 0.15) is 105 Å². The van der Waals surface area contributed by atoms with Crippen LogP contribution < -0.4 is 0 Å². The van der Waals surface area contributed by atoms with Crippen molar-refractivity contribution in [1.29, 1.82) is 0 Å². The van der Waals surface area contributed by atoms with Crippen LogP contribution in [-0.2, 0) is 0 Å². The number of rotatable bonds is 3. The summed E-state index contributed by atoms with van der Waals surface area (Å²) in [5.74, 6) is 7.22. The summed E-state index contributed by atoms with van der Waals surface area (Å²) >= 11 is 0. The Kier molecular flexibility index (Phi) is 4.82. The third kappa shape index (κ3) is 2.75. The van der Waals surface area contributed by atoms with Crippen molar-refractivity contribution in [2.45, 2.75) is 105 Å². The molecular formula is C25H44. The van der Waals surface area contributed by atoms with Gasteiger partial charge in [0.2, 0.25) is 0 Å². The van der Waals surface area contributed by atoms with E-state index in [2.05, 4.69) is 34.6 Å². The summed E-state index contributed by atoms with van der Waals surface area (Å²) in [6.45, 7) is 13.0. The van der Waals surface area contributed by atoms with Gasteiger partial charge in [0.05, 0.1) is 0 Å². The summed E-state index contributed by atoms with van der Waals surface area (Å²) in [6.07, 6.45) is 16.7. The van der Waals surface area contributed by atoms with Gasteiger partial charge in [0.15, 0.2) is 0 Å². The molecule has 4 saturated carbocycles. The minimum Gasteiger partial charge on any atom is -0.0654 e. The molecule has 0 N–H and O–H groups in total. The van der Waals surface area contributed by atoms with Gasteiger partial charge in [-0.1, -0.05) is 53.9 Å². The van der Waals surface area contributed by atoms with Crippen LogP contribution in [0.5, 0.6) is 0 Å². The highest BCUT2D eigenvalue weighted by Gasteiger charge is 2.61. The average molecular weight is 345 g/mol. The highest BCUT2D eigenvalue weighted by Crippen LogP contribution is 2.69. The first kappa shape index (κ1) is 18.4. The van der Waals surface area contributed by atoms with Gasteiger partial charge >= 0.3 is 0 Å². The van der Waals surface area contributed by atoms with E-state index in [1.54, 1.807) is 32.1 Å². The van der Waals surface area contributed by atoms with Gasteiger partial charge in [-0.15, -0.1) is 0 Å². The molecule has 4 rings (SSSR count). The van der Waals surface area contributed by atoms with Crippen molar-refractivity contribution in [3.8, 4) is 0 Å². The molecule has 0 amide bonds. The molecule has 25 heavy (non-hydrogen) atoms. The fraction of sp³-hybridized carbons (Fsp3) is 1.00. The van der Waals surface area contributed by atoms with Crippen molar-refractivity contribution in [2.24, 2.45) is 52.3 Å². The lowest BCUT2D eigenvalue weighted by atomic mass is 9.42. The van der Waals surface area contributed by atoms with Crippen molar-refractivity contribution in [3.05, 3.63) is 0 Å². The SMILES string of the molecule is CCCCC1CCC2C3C(C)CC4CC(C)CCC4(C)C3CCC12C. The van der Waals surface area contributed by atoms with Crippen molar-refractivity contribution >= 4 is 0 Å². The van der Waals surface area contributed by atoms with E-state index in [1.165, 1.54) is 38.5 Å². The lowest BCUT2D eigenvalue weighted by molar-refractivity contribution is -0.140. The van der Waals surface area contributed by atoms with Crippen LogP contribution in [0.15, 0.2) is 0 Å². The molecule has 0 saturated heterocycles. The molecule has 0 aliphatic heterocycles. The zero-order valence-corrected chi connectivity index (χ0v) is 17.8. The summed E-state index contributed by atoms with van der Waals surface area (Å²) in [5, 5.41) is 0. The quantitative estimate of drug-likeness (QED) is 0.491. The van der Waals surface area contributed by atoms with Crippen LogP contribution in [0.25, 0.3) is 0 Å². The molecule has 4 fully saturated rings. The highest BCUT2D eigenvalue weighted by molar-refractivity contribution is 5.10. The fourth-order valence-electron chi connectivity index (χ4n) is 8.88. The molecule has 9 atom stereocenters. The first-order valence-electron chi connectivity index (χ1n) is 11.9. The third-order valence-electron chi connectivity index (χ3n) is 10.4. The van der Waals surface area contributed by atoms with Gasteiger partial charge < -0.3 is 0 Å². The topological polar surface area (TPSA) is 0 Å². The second-order valence-electron chi connectivity index (χ2n) is 11.5. The van der Waals surface area contributed by atoms with Gasteiger partial charge in [-0.2, -0.15) is 0 Å². The third-order valence-corrected chi connectivity index (χ3v) is 10.4. The first-order valence-corrected chi connectivity index (χ1v) is 11.9. The Labute approximate surface area is 157 Å². The van der Waals surface area contributed by atoms with Crippen LogP contribution in [0.2, 0.25) is 0 Å².